The Morgan fingerprint density at radius 2 is 1.70 bits per heavy atom. The van der Waals surface area contributed by atoms with Crippen molar-refractivity contribution in [3.05, 3.63) is 64.3 Å². The van der Waals surface area contributed by atoms with E-state index in [9.17, 15) is 18.3 Å². The highest BCUT2D eigenvalue weighted by molar-refractivity contribution is 7.90. The van der Waals surface area contributed by atoms with Gasteiger partial charge in [-0.15, -0.1) is 0 Å². The smallest absolute Gasteiger partial charge is 0.353 e. The van der Waals surface area contributed by atoms with E-state index in [1.807, 2.05) is 0 Å². The predicted octanol–water partition coefficient (Wildman–Crippen LogP) is 3.88. The highest BCUT2D eigenvalue weighted by Crippen LogP contribution is 2.28. The summed E-state index contributed by atoms with van der Waals surface area (Å²) in [4.78, 5) is 11.4. The van der Waals surface area contributed by atoms with E-state index in [4.69, 9.17) is 23.2 Å². The first-order valence-electron chi connectivity index (χ1n) is 6.36. The molecule has 1 N–H and O–H groups in total. The van der Waals surface area contributed by atoms with E-state index in [2.05, 4.69) is 0 Å². The number of halogens is 2. The van der Waals surface area contributed by atoms with Gasteiger partial charge in [-0.2, -0.15) is 0 Å². The molecular formula is C15H9Cl2NO4S. The van der Waals surface area contributed by atoms with Crippen LogP contribution in [0.15, 0.2) is 53.4 Å². The lowest BCUT2D eigenvalue weighted by molar-refractivity contribution is 0.0689. The van der Waals surface area contributed by atoms with Crippen LogP contribution in [0.25, 0.3) is 10.9 Å². The van der Waals surface area contributed by atoms with E-state index in [0.717, 1.165) is 3.97 Å². The number of carboxylic acids is 1. The number of hydrogen-bond acceptors (Lipinski definition) is 3. The third-order valence-corrected chi connectivity index (χ3v) is 5.47. The Morgan fingerprint density at radius 3 is 2.35 bits per heavy atom. The van der Waals surface area contributed by atoms with Crippen LogP contribution in [-0.4, -0.2) is 23.5 Å². The van der Waals surface area contributed by atoms with Crippen LogP contribution in [0.3, 0.4) is 0 Å². The molecular weight excluding hydrogens is 361 g/mol. The van der Waals surface area contributed by atoms with Gasteiger partial charge >= 0.3 is 5.97 Å². The molecule has 0 atom stereocenters. The number of carbonyl (C=O) groups is 1. The zero-order valence-corrected chi connectivity index (χ0v) is 13.7. The van der Waals surface area contributed by atoms with E-state index in [-0.39, 0.29) is 21.1 Å². The summed E-state index contributed by atoms with van der Waals surface area (Å²) in [5.74, 6) is -1.36. The second kappa shape index (κ2) is 5.56. The van der Waals surface area contributed by atoms with E-state index >= 15 is 0 Å². The summed E-state index contributed by atoms with van der Waals surface area (Å²) in [6, 6.07) is 11.4. The van der Waals surface area contributed by atoms with Crippen LogP contribution < -0.4 is 0 Å². The molecule has 0 radical (unpaired) electrons. The molecule has 0 fully saturated rings. The topological polar surface area (TPSA) is 76.4 Å². The summed E-state index contributed by atoms with van der Waals surface area (Å²) in [6.45, 7) is 0. The fraction of sp³-hybridized carbons (Fsp3) is 0. The van der Waals surface area contributed by atoms with Crippen molar-refractivity contribution >= 4 is 50.1 Å². The molecule has 0 aliphatic heterocycles. The normalized spacial score (nSPS) is 11.7. The van der Waals surface area contributed by atoms with Crippen molar-refractivity contribution < 1.29 is 18.3 Å². The van der Waals surface area contributed by atoms with E-state index in [0.29, 0.717) is 10.4 Å². The minimum absolute atomic E-state index is 0.0973. The Bertz CT molecular complexity index is 1040. The van der Waals surface area contributed by atoms with Gasteiger partial charge in [0.05, 0.1) is 10.4 Å². The minimum atomic E-state index is -4.12. The van der Waals surface area contributed by atoms with Crippen molar-refractivity contribution in [1.29, 1.82) is 0 Å². The fourth-order valence-corrected chi connectivity index (χ4v) is 4.29. The number of aromatic carboxylic acids is 1. The van der Waals surface area contributed by atoms with Gasteiger partial charge in [0.2, 0.25) is 0 Å². The summed E-state index contributed by atoms with van der Waals surface area (Å²) in [5.41, 5.74) is -0.144. The van der Waals surface area contributed by atoms with Gasteiger partial charge in [0.1, 0.15) is 5.69 Å². The quantitative estimate of drug-likeness (QED) is 0.759. The number of fused-ring (bicyclic) bond motifs is 1. The highest BCUT2D eigenvalue weighted by Gasteiger charge is 2.26. The summed E-state index contributed by atoms with van der Waals surface area (Å²) in [6.07, 6.45) is 0. The molecule has 1 heterocycles. The number of nitrogens with zero attached hydrogens (tertiary/aromatic N) is 1. The minimum Gasteiger partial charge on any atom is -0.477 e. The van der Waals surface area contributed by atoms with Crippen molar-refractivity contribution in [1.82, 2.24) is 3.97 Å². The Labute approximate surface area is 141 Å². The number of hydrogen-bond donors (Lipinski definition) is 1. The lowest BCUT2D eigenvalue weighted by atomic mass is 10.2. The monoisotopic (exact) mass is 369 g/mol. The zero-order chi connectivity index (χ0) is 16.8. The maximum atomic E-state index is 12.9. The summed E-state index contributed by atoms with van der Waals surface area (Å²) in [7, 11) is -4.12. The van der Waals surface area contributed by atoms with Gasteiger partial charge in [0.15, 0.2) is 0 Å². The lowest BCUT2D eigenvalue weighted by Crippen LogP contribution is -2.18. The summed E-state index contributed by atoms with van der Waals surface area (Å²) in [5, 5.41) is 10.4. The highest BCUT2D eigenvalue weighted by atomic mass is 35.5. The van der Waals surface area contributed by atoms with Gasteiger partial charge in [-0.25, -0.2) is 17.2 Å². The third-order valence-electron chi connectivity index (χ3n) is 3.27. The van der Waals surface area contributed by atoms with Gasteiger partial charge in [0.25, 0.3) is 10.0 Å². The SMILES string of the molecule is O=C(O)c1cc2cc(Cl)ccc2n1S(=O)(=O)c1cccc(Cl)c1. The predicted molar refractivity (Wildman–Crippen MR) is 87.9 cm³/mol. The number of aromatic nitrogens is 1. The van der Waals surface area contributed by atoms with Crippen LogP contribution in [0.4, 0.5) is 0 Å². The van der Waals surface area contributed by atoms with Crippen LogP contribution >= 0.6 is 23.2 Å². The molecule has 0 amide bonds. The Balaban J connectivity index is 2.38. The van der Waals surface area contributed by atoms with Crippen molar-refractivity contribution in [2.45, 2.75) is 4.90 Å². The average molecular weight is 370 g/mol. The molecule has 118 valence electrons. The van der Waals surface area contributed by atoms with Crippen molar-refractivity contribution in [3.63, 3.8) is 0 Å². The molecule has 2 aromatic carbocycles. The number of carboxylic acid groups (broad SMARTS) is 1. The fourth-order valence-electron chi connectivity index (χ4n) is 2.30. The van der Waals surface area contributed by atoms with Crippen LogP contribution in [0.2, 0.25) is 10.0 Å². The van der Waals surface area contributed by atoms with Crippen LogP contribution in [-0.2, 0) is 10.0 Å². The largest absolute Gasteiger partial charge is 0.477 e. The molecule has 5 nitrogen and oxygen atoms in total. The maximum absolute atomic E-state index is 12.9. The first kappa shape index (κ1) is 15.9. The molecule has 8 heteroatoms. The van der Waals surface area contributed by atoms with Crippen molar-refractivity contribution in [2.75, 3.05) is 0 Å². The summed E-state index contributed by atoms with van der Waals surface area (Å²) < 4.78 is 26.5. The molecule has 3 aromatic rings. The van der Waals surface area contributed by atoms with Crippen LogP contribution in [0, 0.1) is 0 Å². The van der Waals surface area contributed by atoms with Crippen LogP contribution in [0.1, 0.15) is 10.5 Å². The first-order chi connectivity index (χ1) is 10.8. The van der Waals surface area contributed by atoms with Gasteiger partial charge < -0.3 is 5.11 Å². The van der Waals surface area contributed by atoms with E-state index in [1.54, 1.807) is 0 Å². The molecule has 0 bridgehead atoms. The van der Waals surface area contributed by atoms with E-state index in [1.165, 1.54) is 48.5 Å². The molecule has 0 unspecified atom stereocenters. The standard InChI is InChI=1S/C15H9Cl2NO4S/c16-10-2-1-3-12(8-10)23(21,22)18-13-5-4-11(17)6-9(13)7-14(18)15(19)20/h1-8H,(H,19,20). The molecule has 23 heavy (non-hydrogen) atoms. The van der Waals surface area contributed by atoms with Gasteiger partial charge in [0, 0.05) is 15.4 Å². The second-order valence-electron chi connectivity index (χ2n) is 4.76. The molecule has 0 saturated heterocycles. The van der Waals surface area contributed by atoms with Gasteiger partial charge in [-0.05, 0) is 42.5 Å². The zero-order valence-electron chi connectivity index (χ0n) is 11.4. The summed E-state index contributed by atoms with van der Waals surface area (Å²) >= 11 is 11.7. The Kier molecular flexibility index (Phi) is 3.83. The molecule has 0 spiro atoms. The maximum Gasteiger partial charge on any atom is 0.353 e. The average Bonchev–Trinajstić information content (AvgIpc) is 2.86. The van der Waals surface area contributed by atoms with Crippen molar-refractivity contribution in [2.24, 2.45) is 0 Å². The van der Waals surface area contributed by atoms with Crippen molar-refractivity contribution in [3.8, 4) is 0 Å². The molecule has 3 rings (SSSR count). The molecule has 1 aromatic heterocycles. The molecule has 0 saturated carbocycles. The number of benzene rings is 2. The number of rotatable bonds is 3. The van der Waals surface area contributed by atoms with E-state index < -0.39 is 16.0 Å². The molecule has 0 aliphatic rings. The Hall–Kier alpha value is -2.02. The Morgan fingerprint density at radius 1 is 1.00 bits per heavy atom. The molecule has 0 aliphatic carbocycles. The van der Waals surface area contributed by atoms with Gasteiger partial charge in [-0.3, -0.25) is 0 Å². The third kappa shape index (κ3) is 2.69. The first-order valence-corrected chi connectivity index (χ1v) is 8.56. The second-order valence-corrected chi connectivity index (χ2v) is 7.42. The van der Waals surface area contributed by atoms with Gasteiger partial charge in [-0.1, -0.05) is 29.3 Å². The lowest BCUT2D eigenvalue weighted by Gasteiger charge is -2.10. The van der Waals surface area contributed by atoms with Crippen LogP contribution in [0.5, 0.6) is 0 Å².